The molecule has 148 valence electrons. The quantitative estimate of drug-likeness (QED) is 0.423. The van der Waals surface area contributed by atoms with Crippen molar-refractivity contribution in [1.82, 2.24) is 0 Å². The van der Waals surface area contributed by atoms with Crippen LogP contribution in [0.5, 0.6) is 11.5 Å². The van der Waals surface area contributed by atoms with Crippen molar-refractivity contribution in [3.63, 3.8) is 0 Å². The van der Waals surface area contributed by atoms with Crippen LogP contribution in [-0.4, -0.2) is 11.9 Å². The molecular weight excluding hydrogens is 364 g/mol. The van der Waals surface area contributed by atoms with Gasteiger partial charge in [-0.05, 0) is 97.5 Å². The van der Waals surface area contributed by atoms with E-state index in [4.69, 9.17) is 9.47 Å². The Bertz CT molecular complexity index is 1040. The molecular formula is C25H24O4. The van der Waals surface area contributed by atoms with Crippen molar-refractivity contribution < 1.29 is 19.1 Å². The molecule has 0 aromatic heterocycles. The van der Waals surface area contributed by atoms with Crippen LogP contribution >= 0.6 is 0 Å². The number of hydrogen-bond acceptors (Lipinski definition) is 4. The summed E-state index contributed by atoms with van der Waals surface area (Å²) in [7, 11) is 0. The molecule has 0 saturated carbocycles. The molecule has 4 nitrogen and oxygen atoms in total. The van der Waals surface area contributed by atoms with Crippen LogP contribution < -0.4 is 9.47 Å². The monoisotopic (exact) mass is 388 g/mol. The van der Waals surface area contributed by atoms with Crippen molar-refractivity contribution in [2.45, 2.75) is 34.6 Å². The lowest BCUT2D eigenvalue weighted by atomic mass is 9.96. The van der Waals surface area contributed by atoms with E-state index in [2.05, 4.69) is 0 Å². The van der Waals surface area contributed by atoms with Gasteiger partial charge >= 0.3 is 11.9 Å². The van der Waals surface area contributed by atoms with Crippen LogP contribution in [0.1, 0.15) is 39.5 Å². The van der Waals surface area contributed by atoms with Gasteiger partial charge in [-0.3, -0.25) is 4.79 Å². The normalized spacial score (nSPS) is 10.5. The minimum atomic E-state index is -0.373. The van der Waals surface area contributed by atoms with Crippen molar-refractivity contribution in [1.29, 1.82) is 0 Å². The summed E-state index contributed by atoms with van der Waals surface area (Å²) in [6.07, 6.45) is 0. The van der Waals surface area contributed by atoms with Gasteiger partial charge in [-0.25, -0.2) is 4.79 Å². The molecule has 0 aliphatic heterocycles. The van der Waals surface area contributed by atoms with Gasteiger partial charge in [-0.1, -0.05) is 18.2 Å². The Morgan fingerprint density at radius 1 is 0.655 bits per heavy atom. The Morgan fingerprint density at radius 3 is 1.48 bits per heavy atom. The fourth-order valence-corrected chi connectivity index (χ4v) is 3.43. The lowest BCUT2D eigenvalue weighted by Crippen LogP contribution is -2.10. The van der Waals surface area contributed by atoms with Gasteiger partial charge in [0.25, 0.3) is 0 Å². The highest BCUT2D eigenvalue weighted by atomic mass is 16.5. The van der Waals surface area contributed by atoms with Gasteiger partial charge in [-0.15, -0.1) is 0 Å². The first kappa shape index (κ1) is 20.3. The maximum Gasteiger partial charge on any atom is 0.343 e. The number of carbonyl (C=O) groups is 2. The minimum absolute atomic E-state index is 0.333. The number of esters is 2. The van der Waals surface area contributed by atoms with E-state index in [1.54, 1.807) is 12.1 Å². The smallest absolute Gasteiger partial charge is 0.343 e. The zero-order valence-electron chi connectivity index (χ0n) is 17.3. The van der Waals surface area contributed by atoms with E-state index in [1.165, 1.54) is 6.92 Å². The second kappa shape index (κ2) is 8.31. The Hall–Kier alpha value is -3.40. The second-order valence-electron chi connectivity index (χ2n) is 7.23. The highest BCUT2D eigenvalue weighted by molar-refractivity contribution is 5.91. The van der Waals surface area contributed by atoms with Crippen molar-refractivity contribution in [2.24, 2.45) is 0 Å². The Kier molecular flexibility index (Phi) is 5.83. The van der Waals surface area contributed by atoms with E-state index in [9.17, 15) is 9.59 Å². The van der Waals surface area contributed by atoms with Gasteiger partial charge in [0.2, 0.25) is 0 Å². The van der Waals surface area contributed by atoms with Crippen molar-refractivity contribution in [3.8, 4) is 22.6 Å². The standard InChI is InChI=1S/C25H24O4/c1-15-11-21(12-16(2)23(15)28-19(5)26)22-13-17(3)24(18(4)14-22)29-25(27)20-9-7-6-8-10-20/h6-14H,1-5H3. The first-order valence-corrected chi connectivity index (χ1v) is 9.44. The van der Waals surface area contributed by atoms with Crippen molar-refractivity contribution in [2.75, 3.05) is 0 Å². The van der Waals surface area contributed by atoms with E-state index < -0.39 is 0 Å². The van der Waals surface area contributed by atoms with Gasteiger partial charge in [0.1, 0.15) is 11.5 Å². The van der Waals surface area contributed by atoms with E-state index in [0.717, 1.165) is 33.4 Å². The zero-order chi connectivity index (χ0) is 21.1. The number of carbonyl (C=O) groups excluding carboxylic acids is 2. The van der Waals surface area contributed by atoms with Crippen LogP contribution in [0.25, 0.3) is 11.1 Å². The molecule has 0 saturated heterocycles. The van der Waals surface area contributed by atoms with Crippen LogP contribution in [0.3, 0.4) is 0 Å². The first-order valence-electron chi connectivity index (χ1n) is 9.44. The third-order valence-corrected chi connectivity index (χ3v) is 4.70. The number of ether oxygens (including phenoxy) is 2. The summed E-state index contributed by atoms with van der Waals surface area (Å²) >= 11 is 0. The average molecular weight is 388 g/mol. The third kappa shape index (κ3) is 4.54. The topological polar surface area (TPSA) is 52.6 Å². The number of hydrogen-bond donors (Lipinski definition) is 0. The van der Waals surface area contributed by atoms with Gasteiger partial charge in [0, 0.05) is 6.92 Å². The van der Waals surface area contributed by atoms with Crippen molar-refractivity contribution >= 4 is 11.9 Å². The van der Waals surface area contributed by atoms with Crippen LogP contribution in [-0.2, 0) is 4.79 Å². The summed E-state index contributed by atoms with van der Waals surface area (Å²) in [6, 6.07) is 16.9. The molecule has 0 radical (unpaired) electrons. The lowest BCUT2D eigenvalue weighted by molar-refractivity contribution is -0.131. The number of benzene rings is 3. The molecule has 0 aliphatic carbocycles. The second-order valence-corrected chi connectivity index (χ2v) is 7.23. The summed E-state index contributed by atoms with van der Waals surface area (Å²) in [5.41, 5.74) is 6.09. The molecule has 0 spiro atoms. The summed E-state index contributed by atoms with van der Waals surface area (Å²) < 4.78 is 11.0. The lowest BCUT2D eigenvalue weighted by Gasteiger charge is -2.15. The van der Waals surface area contributed by atoms with E-state index >= 15 is 0 Å². The summed E-state index contributed by atoms with van der Waals surface area (Å²) in [5.74, 6) is 0.470. The fourth-order valence-electron chi connectivity index (χ4n) is 3.43. The van der Waals surface area contributed by atoms with Gasteiger partial charge in [-0.2, -0.15) is 0 Å². The molecule has 0 fully saturated rings. The molecule has 29 heavy (non-hydrogen) atoms. The molecule has 0 aliphatic rings. The molecule has 0 atom stereocenters. The summed E-state index contributed by atoms with van der Waals surface area (Å²) in [6.45, 7) is 9.10. The molecule has 0 unspecified atom stereocenters. The van der Waals surface area contributed by atoms with Crippen LogP contribution in [0.4, 0.5) is 0 Å². The van der Waals surface area contributed by atoms with E-state index in [0.29, 0.717) is 17.1 Å². The van der Waals surface area contributed by atoms with Gasteiger partial charge < -0.3 is 9.47 Å². The fraction of sp³-hybridized carbons (Fsp3) is 0.200. The average Bonchev–Trinajstić information content (AvgIpc) is 2.67. The van der Waals surface area contributed by atoms with E-state index in [-0.39, 0.29) is 11.9 Å². The number of rotatable bonds is 4. The number of aryl methyl sites for hydroxylation is 4. The molecule has 0 bridgehead atoms. The molecule has 0 amide bonds. The molecule has 0 N–H and O–H groups in total. The Morgan fingerprint density at radius 2 is 1.07 bits per heavy atom. The summed E-state index contributed by atoms with van der Waals surface area (Å²) in [5, 5.41) is 0. The van der Waals surface area contributed by atoms with Crippen LogP contribution in [0.15, 0.2) is 54.6 Å². The minimum Gasteiger partial charge on any atom is -0.426 e. The van der Waals surface area contributed by atoms with Gasteiger partial charge in [0.15, 0.2) is 0 Å². The molecule has 3 aromatic carbocycles. The zero-order valence-corrected chi connectivity index (χ0v) is 17.3. The first-order chi connectivity index (χ1) is 13.8. The highest BCUT2D eigenvalue weighted by Gasteiger charge is 2.15. The molecule has 4 heteroatoms. The summed E-state index contributed by atoms with van der Waals surface area (Å²) in [4.78, 5) is 23.8. The predicted octanol–water partition coefficient (Wildman–Crippen LogP) is 5.73. The Balaban J connectivity index is 1.93. The van der Waals surface area contributed by atoms with Crippen LogP contribution in [0.2, 0.25) is 0 Å². The Labute approximate surface area is 171 Å². The highest BCUT2D eigenvalue weighted by Crippen LogP contribution is 2.34. The molecule has 3 rings (SSSR count). The van der Waals surface area contributed by atoms with Crippen molar-refractivity contribution in [3.05, 3.63) is 82.4 Å². The van der Waals surface area contributed by atoms with Crippen LogP contribution in [0, 0.1) is 27.7 Å². The predicted molar refractivity (Wildman–Crippen MR) is 114 cm³/mol. The largest absolute Gasteiger partial charge is 0.426 e. The maximum atomic E-state index is 12.4. The molecule has 3 aromatic rings. The third-order valence-electron chi connectivity index (χ3n) is 4.70. The van der Waals surface area contributed by atoms with E-state index in [1.807, 2.05) is 70.2 Å². The van der Waals surface area contributed by atoms with Gasteiger partial charge in [0.05, 0.1) is 5.56 Å². The SMILES string of the molecule is CC(=O)Oc1c(C)cc(-c2cc(C)c(OC(=O)c3ccccc3)c(C)c2)cc1C. The maximum absolute atomic E-state index is 12.4. The molecule has 0 heterocycles.